The highest BCUT2D eigenvalue weighted by Gasteiger charge is 2.30. The van der Waals surface area contributed by atoms with Crippen LogP contribution in [0.3, 0.4) is 0 Å². The van der Waals surface area contributed by atoms with Crippen molar-refractivity contribution in [2.45, 2.75) is 38.0 Å². The fraction of sp³-hybridized carbons (Fsp3) is 0.389. The zero-order chi connectivity index (χ0) is 17.4. The molecule has 2 heterocycles. The number of aliphatic hydroxyl groups is 1. The van der Waals surface area contributed by atoms with Crippen molar-refractivity contribution in [2.75, 3.05) is 17.2 Å². The summed E-state index contributed by atoms with van der Waals surface area (Å²) in [4.78, 5) is 14.1. The Morgan fingerprint density at radius 1 is 1.32 bits per heavy atom. The maximum atomic E-state index is 12.9. The van der Waals surface area contributed by atoms with Crippen molar-refractivity contribution < 1.29 is 9.90 Å². The van der Waals surface area contributed by atoms with E-state index >= 15 is 0 Å². The van der Waals surface area contributed by atoms with Gasteiger partial charge in [0, 0.05) is 15.6 Å². The minimum absolute atomic E-state index is 0.0455. The van der Waals surface area contributed by atoms with E-state index in [0.717, 1.165) is 42.8 Å². The van der Waals surface area contributed by atoms with E-state index in [1.807, 2.05) is 0 Å². The Morgan fingerprint density at radius 3 is 2.76 bits per heavy atom. The molecule has 2 unspecified atom stereocenters. The van der Waals surface area contributed by atoms with Gasteiger partial charge in [-0.1, -0.05) is 11.6 Å². The quantitative estimate of drug-likeness (QED) is 0.603. The Hall–Kier alpha value is -1.60. The second-order valence-corrected chi connectivity index (χ2v) is 8.00. The van der Waals surface area contributed by atoms with Crippen LogP contribution in [0.1, 0.15) is 33.6 Å². The van der Waals surface area contributed by atoms with Crippen LogP contribution in [-0.2, 0) is 12.8 Å². The van der Waals surface area contributed by atoms with Crippen LogP contribution in [0.5, 0.6) is 0 Å². The Morgan fingerprint density at radius 2 is 2.08 bits per heavy atom. The lowest BCUT2D eigenvalue weighted by Gasteiger charge is -2.32. The Kier molecular flexibility index (Phi) is 4.69. The van der Waals surface area contributed by atoms with Gasteiger partial charge in [-0.25, -0.2) is 0 Å². The van der Waals surface area contributed by atoms with Crippen LogP contribution in [0.25, 0.3) is 0 Å². The summed E-state index contributed by atoms with van der Waals surface area (Å²) in [5, 5.41) is 21.0. The fourth-order valence-electron chi connectivity index (χ4n) is 3.29. The highest BCUT2D eigenvalue weighted by molar-refractivity contribution is 7.16. The third-order valence-electron chi connectivity index (χ3n) is 4.77. The Bertz CT molecular complexity index is 786. The van der Waals surface area contributed by atoms with Crippen LogP contribution in [0.4, 0.5) is 10.7 Å². The summed E-state index contributed by atoms with van der Waals surface area (Å²) in [6.45, 7) is 0.925. The molecule has 0 radical (unpaired) electrons. The first-order valence-electron chi connectivity index (χ1n) is 8.51. The molecule has 7 heteroatoms. The number of fused-ring (bicyclic) bond motifs is 1. The number of hydrogen-bond acceptors (Lipinski definition) is 5. The number of rotatable bonds is 5. The molecule has 1 fully saturated rings. The predicted octanol–water partition coefficient (Wildman–Crippen LogP) is 3.23. The molecule has 132 valence electrons. The van der Waals surface area contributed by atoms with Gasteiger partial charge in [0.15, 0.2) is 0 Å². The van der Waals surface area contributed by atoms with E-state index in [-0.39, 0.29) is 11.9 Å². The molecule has 1 aliphatic heterocycles. The molecular formula is C18H20ClN3O2S. The van der Waals surface area contributed by atoms with Crippen LogP contribution in [0.15, 0.2) is 24.3 Å². The number of halogens is 1. The molecule has 0 bridgehead atoms. The first-order valence-corrected chi connectivity index (χ1v) is 9.70. The number of carbonyl (C=O) groups excluding carboxylic acids is 1. The Labute approximate surface area is 155 Å². The number of benzene rings is 1. The summed E-state index contributed by atoms with van der Waals surface area (Å²) in [5.74, 6) is -0.141. The average Bonchev–Trinajstić information content (AvgIpc) is 3.08. The second-order valence-electron chi connectivity index (χ2n) is 6.46. The van der Waals surface area contributed by atoms with E-state index in [1.165, 1.54) is 4.88 Å². The number of hydrogen-bond donors (Lipinski definition) is 4. The molecule has 2 aliphatic rings. The lowest BCUT2D eigenvalue weighted by Crippen LogP contribution is -2.53. The number of carbonyl (C=O) groups is 1. The molecule has 25 heavy (non-hydrogen) atoms. The van der Waals surface area contributed by atoms with Gasteiger partial charge < -0.3 is 21.1 Å². The zero-order valence-electron chi connectivity index (χ0n) is 13.6. The van der Waals surface area contributed by atoms with Gasteiger partial charge in [-0.05, 0) is 62.1 Å². The van der Waals surface area contributed by atoms with Gasteiger partial charge in [0.2, 0.25) is 0 Å². The molecule has 0 spiro atoms. The van der Waals surface area contributed by atoms with Crippen molar-refractivity contribution in [3.05, 3.63) is 45.3 Å². The molecule has 2 aromatic rings. The number of aryl methyl sites for hydroxylation is 1. The van der Waals surface area contributed by atoms with Crippen molar-refractivity contribution in [3.63, 3.8) is 0 Å². The molecule has 4 rings (SSSR count). The molecule has 5 nitrogen and oxygen atoms in total. The zero-order valence-corrected chi connectivity index (χ0v) is 15.2. The predicted molar refractivity (Wildman–Crippen MR) is 102 cm³/mol. The molecular weight excluding hydrogens is 358 g/mol. The van der Waals surface area contributed by atoms with E-state index in [0.29, 0.717) is 16.3 Å². The van der Waals surface area contributed by atoms with Crippen molar-refractivity contribution in [1.82, 2.24) is 5.32 Å². The van der Waals surface area contributed by atoms with Gasteiger partial charge in [-0.2, -0.15) is 0 Å². The summed E-state index contributed by atoms with van der Waals surface area (Å²) in [6, 6.07) is 7.12. The molecule has 1 saturated heterocycles. The molecule has 1 aromatic heterocycles. The Balaban J connectivity index is 1.58. The fourth-order valence-corrected chi connectivity index (χ4v) is 4.73. The highest BCUT2D eigenvalue weighted by Crippen LogP contribution is 2.40. The van der Waals surface area contributed by atoms with Gasteiger partial charge >= 0.3 is 0 Å². The van der Waals surface area contributed by atoms with E-state index in [2.05, 4.69) is 16.0 Å². The maximum Gasteiger partial charge on any atom is 0.258 e. The van der Waals surface area contributed by atoms with Crippen LogP contribution in [0, 0.1) is 0 Å². The molecule has 2 atom stereocenters. The topological polar surface area (TPSA) is 73.4 Å². The first kappa shape index (κ1) is 16.8. The first-order chi connectivity index (χ1) is 12.1. The maximum absolute atomic E-state index is 12.9. The van der Waals surface area contributed by atoms with Gasteiger partial charge in [-0.3, -0.25) is 4.79 Å². The average molecular weight is 378 g/mol. The van der Waals surface area contributed by atoms with Crippen LogP contribution < -0.4 is 16.0 Å². The number of nitrogens with one attached hydrogen (secondary N) is 3. The SMILES string of the molecule is O=C(Nc1ccc(Cl)cc1)c1c(NC(O)C2CCN2)sc2c1CCC2. The van der Waals surface area contributed by atoms with Crippen molar-refractivity contribution in [1.29, 1.82) is 0 Å². The highest BCUT2D eigenvalue weighted by atomic mass is 35.5. The molecule has 0 saturated carbocycles. The minimum atomic E-state index is -0.686. The number of amides is 1. The third-order valence-corrected chi connectivity index (χ3v) is 6.25. The lowest BCUT2D eigenvalue weighted by molar-refractivity contribution is 0.102. The van der Waals surface area contributed by atoms with Crippen LogP contribution in [-0.4, -0.2) is 29.8 Å². The monoisotopic (exact) mass is 377 g/mol. The van der Waals surface area contributed by atoms with Crippen molar-refractivity contribution in [2.24, 2.45) is 0 Å². The third kappa shape index (κ3) is 3.40. The largest absolute Gasteiger partial charge is 0.372 e. The number of aliphatic hydroxyl groups excluding tert-OH is 1. The molecule has 1 aliphatic carbocycles. The van der Waals surface area contributed by atoms with Crippen molar-refractivity contribution in [3.8, 4) is 0 Å². The van der Waals surface area contributed by atoms with Gasteiger partial charge in [0.1, 0.15) is 11.2 Å². The standard InChI is InChI=1S/C18H20ClN3O2S/c19-10-4-6-11(7-5-10)21-17(24)15-12-2-1-3-14(12)25-18(15)22-16(23)13-8-9-20-13/h4-7,13,16,20,22-23H,1-3,8-9H2,(H,21,24). The summed E-state index contributed by atoms with van der Waals surface area (Å²) in [5.41, 5.74) is 2.50. The lowest BCUT2D eigenvalue weighted by atomic mass is 10.1. The second kappa shape index (κ2) is 6.96. The summed E-state index contributed by atoms with van der Waals surface area (Å²) in [6.07, 6.45) is 3.24. The molecule has 1 amide bonds. The van der Waals surface area contributed by atoms with E-state index < -0.39 is 6.23 Å². The van der Waals surface area contributed by atoms with Gasteiger partial charge in [0.25, 0.3) is 5.91 Å². The molecule has 4 N–H and O–H groups in total. The van der Waals surface area contributed by atoms with Gasteiger partial charge in [0.05, 0.1) is 11.6 Å². The van der Waals surface area contributed by atoms with E-state index in [1.54, 1.807) is 35.6 Å². The molecule has 1 aromatic carbocycles. The summed E-state index contributed by atoms with van der Waals surface area (Å²) in [7, 11) is 0. The summed E-state index contributed by atoms with van der Waals surface area (Å²) < 4.78 is 0. The summed E-state index contributed by atoms with van der Waals surface area (Å²) >= 11 is 7.49. The van der Waals surface area contributed by atoms with E-state index in [4.69, 9.17) is 11.6 Å². The number of anilines is 2. The van der Waals surface area contributed by atoms with Crippen LogP contribution >= 0.6 is 22.9 Å². The van der Waals surface area contributed by atoms with Crippen molar-refractivity contribution >= 4 is 39.5 Å². The number of thiophene rings is 1. The van der Waals surface area contributed by atoms with Crippen LogP contribution in [0.2, 0.25) is 5.02 Å². The van der Waals surface area contributed by atoms with Gasteiger partial charge in [-0.15, -0.1) is 11.3 Å². The minimum Gasteiger partial charge on any atom is -0.372 e. The normalized spacial score (nSPS) is 19.8. The van der Waals surface area contributed by atoms with E-state index in [9.17, 15) is 9.90 Å². The smallest absolute Gasteiger partial charge is 0.258 e.